The molecule has 3 aromatic rings. The minimum absolute atomic E-state index is 0.0230. The molecule has 0 unspecified atom stereocenters. The van der Waals surface area contributed by atoms with Crippen LogP contribution in [0, 0.1) is 0 Å². The van der Waals surface area contributed by atoms with Crippen LogP contribution in [0.2, 0.25) is 10.0 Å². The molecule has 1 saturated heterocycles. The molecule has 3 heterocycles. The average molecular weight is 519 g/mol. The van der Waals surface area contributed by atoms with Gasteiger partial charge in [0.2, 0.25) is 0 Å². The smallest absolute Gasteiger partial charge is 0.337 e. The van der Waals surface area contributed by atoms with E-state index in [4.69, 9.17) is 28.9 Å². The first-order chi connectivity index (χ1) is 16.8. The SMILES string of the molecule is C1CCNCC1.COC(=O)c1cc(Cl)c(-n2cnc(N)c(C(=O)Nc3cccnc3)c2=O)c(Cl)c1. The van der Waals surface area contributed by atoms with Crippen LogP contribution in [0.4, 0.5) is 11.5 Å². The van der Waals surface area contributed by atoms with Crippen molar-refractivity contribution >= 4 is 46.6 Å². The number of carbonyl (C=O) groups is 2. The van der Waals surface area contributed by atoms with Crippen molar-refractivity contribution in [2.75, 3.05) is 31.2 Å². The molecule has 35 heavy (non-hydrogen) atoms. The third-order valence-electron chi connectivity index (χ3n) is 5.03. The number of esters is 1. The standard InChI is InChI=1S/C18H13Cl2N5O4.C5H11N/c1-29-18(28)9-5-11(19)14(12(20)6-9)25-8-23-15(21)13(17(25)27)16(26)24-10-3-2-4-22-7-10;1-2-4-6-5-3-1/h2-8H,21H2,1H3,(H,24,26);6H,1-5H2. The molecule has 0 saturated carbocycles. The third-order valence-corrected chi connectivity index (χ3v) is 5.61. The predicted octanol–water partition coefficient (Wildman–Crippen LogP) is 3.32. The number of carbonyl (C=O) groups excluding carboxylic acids is 2. The van der Waals surface area contributed by atoms with Crippen molar-refractivity contribution in [3.8, 4) is 5.69 Å². The van der Waals surface area contributed by atoms with Gasteiger partial charge in [0.15, 0.2) is 0 Å². The van der Waals surface area contributed by atoms with Crippen LogP contribution in [0.1, 0.15) is 40.0 Å². The molecule has 4 rings (SSSR count). The number of anilines is 2. The van der Waals surface area contributed by atoms with Gasteiger partial charge in [-0.05, 0) is 50.2 Å². The molecular formula is C23H24Cl2N6O4. The lowest BCUT2D eigenvalue weighted by Gasteiger charge is -2.13. The number of nitrogens with zero attached hydrogens (tertiary/aromatic N) is 3. The van der Waals surface area contributed by atoms with E-state index in [2.05, 4.69) is 25.3 Å². The number of rotatable bonds is 4. The molecule has 12 heteroatoms. The Hall–Kier alpha value is -3.47. The van der Waals surface area contributed by atoms with Crippen LogP contribution in [-0.2, 0) is 4.74 Å². The molecule has 0 bridgehead atoms. The number of ether oxygens (including phenoxy) is 1. The summed E-state index contributed by atoms with van der Waals surface area (Å²) in [5.41, 5.74) is 5.05. The Kier molecular flexibility index (Phi) is 9.18. The Morgan fingerprint density at radius 3 is 2.37 bits per heavy atom. The fraction of sp³-hybridized carbons (Fsp3) is 0.261. The number of aromatic nitrogens is 3. The van der Waals surface area contributed by atoms with Gasteiger partial charge in [-0.15, -0.1) is 0 Å². The summed E-state index contributed by atoms with van der Waals surface area (Å²) < 4.78 is 5.60. The summed E-state index contributed by atoms with van der Waals surface area (Å²) in [6.45, 7) is 2.50. The average Bonchev–Trinajstić information content (AvgIpc) is 2.86. The van der Waals surface area contributed by atoms with Crippen molar-refractivity contribution in [1.82, 2.24) is 19.9 Å². The molecule has 1 aromatic carbocycles. The van der Waals surface area contributed by atoms with Gasteiger partial charge in [-0.25, -0.2) is 9.78 Å². The summed E-state index contributed by atoms with van der Waals surface area (Å²) in [4.78, 5) is 45.0. The highest BCUT2D eigenvalue weighted by Gasteiger charge is 2.22. The van der Waals surface area contributed by atoms with Gasteiger partial charge in [0.25, 0.3) is 11.5 Å². The third kappa shape index (κ3) is 6.56. The van der Waals surface area contributed by atoms with E-state index in [1.54, 1.807) is 12.1 Å². The van der Waals surface area contributed by atoms with Crippen LogP contribution in [0.5, 0.6) is 0 Å². The van der Waals surface area contributed by atoms with Gasteiger partial charge in [0, 0.05) is 6.20 Å². The molecule has 0 spiro atoms. The van der Waals surface area contributed by atoms with Crippen molar-refractivity contribution in [2.45, 2.75) is 19.3 Å². The van der Waals surface area contributed by atoms with E-state index in [0.29, 0.717) is 5.69 Å². The maximum atomic E-state index is 13.0. The van der Waals surface area contributed by atoms with Crippen LogP contribution < -0.4 is 21.9 Å². The topological polar surface area (TPSA) is 141 Å². The normalized spacial score (nSPS) is 12.8. The molecule has 1 aliphatic rings. The Balaban J connectivity index is 0.000000497. The molecule has 0 radical (unpaired) electrons. The molecular weight excluding hydrogens is 495 g/mol. The quantitative estimate of drug-likeness (QED) is 0.446. The van der Waals surface area contributed by atoms with Gasteiger partial charge >= 0.3 is 5.97 Å². The molecule has 4 N–H and O–H groups in total. The van der Waals surface area contributed by atoms with E-state index in [9.17, 15) is 14.4 Å². The van der Waals surface area contributed by atoms with Crippen molar-refractivity contribution in [1.29, 1.82) is 0 Å². The number of hydrogen-bond donors (Lipinski definition) is 3. The van der Waals surface area contributed by atoms with Crippen LogP contribution in [0.3, 0.4) is 0 Å². The number of hydrogen-bond acceptors (Lipinski definition) is 8. The number of nitrogen functional groups attached to an aromatic ring is 1. The minimum Gasteiger partial charge on any atom is -0.465 e. The minimum atomic E-state index is -0.798. The first-order valence-corrected chi connectivity index (χ1v) is 11.5. The second-order valence-electron chi connectivity index (χ2n) is 7.47. The highest BCUT2D eigenvalue weighted by molar-refractivity contribution is 6.38. The van der Waals surface area contributed by atoms with Crippen molar-refractivity contribution in [3.63, 3.8) is 0 Å². The molecule has 1 aliphatic heterocycles. The second kappa shape index (κ2) is 12.3. The molecule has 184 valence electrons. The van der Waals surface area contributed by atoms with E-state index in [-0.39, 0.29) is 27.1 Å². The number of pyridine rings is 1. The maximum absolute atomic E-state index is 13.0. The first kappa shape index (κ1) is 26.1. The Morgan fingerprint density at radius 2 is 1.86 bits per heavy atom. The molecule has 0 aliphatic carbocycles. The second-order valence-corrected chi connectivity index (χ2v) is 8.28. The van der Waals surface area contributed by atoms with Gasteiger partial charge in [-0.3, -0.25) is 19.1 Å². The predicted molar refractivity (Wildman–Crippen MR) is 135 cm³/mol. The highest BCUT2D eigenvalue weighted by Crippen LogP contribution is 2.30. The fourth-order valence-electron chi connectivity index (χ4n) is 3.30. The van der Waals surface area contributed by atoms with Gasteiger partial charge in [-0.1, -0.05) is 29.6 Å². The number of nitrogens with one attached hydrogen (secondary N) is 2. The van der Waals surface area contributed by atoms with E-state index in [1.165, 1.54) is 64.0 Å². The lowest BCUT2D eigenvalue weighted by Crippen LogP contribution is -2.31. The summed E-state index contributed by atoms with van der Waals surface area (Å²) in [5.74, 6) is -1.70. The number of piperidine rings is 1. The zero-order chi connectivity index (χ0) is 25.4. The molecule has 1 amide bonds. The molecule has 0 atom stereocenters. The zero-order valence-corrected chi connectivity index (χ0v) is 20.4. The van der Waals surface area contributed by atoms with E-state index < -0.39 is 23.0 Å². The maximum Gasteiger partial charge on any atom is 0.337 e. The molecule has 1 fully saturated rings. The monoisotopic (exact) mass is 518 g/mol. The van der Waals surface area contributed by atoms with E-state index >= 15 is 0 Å². The van der Waals surface area contributed by atoms with Gasteiger partial charge < -0.3 is 21.1 Å². The number of nitrogens with two attached hydrogens (primary N) is 1. The van der Waals surface area contributed by atoms with Crippen LogP contribution in [0.25, 0.3) is 5.69 Å². The molecule has 10 nitrogen and oxygen atoms in total. The summed E-state index contributed by atoms with van der Waals surface area (Å²) in [6.07, 6.45) is 8.24. The van der Waals surface area contributed by atoms with E-state index in [1.807, 2.05) is 0 Å². The zero-order valence-electron chi connectivity index (χ0n) is 18.9. The summed E-state index contributed by atoms with van der Waals surface area (Å²) >= 11 is 12.4. The lowest BCUT2D eigenvalue weighted by atomic mass is 10.2. The Bertz CT molecular complexity index is 1230. The largest absolute Gasteiger partial charge is 0.465 e. The first-order valence-electron chi connectivity index (χ1n) is 10.7. The van der Waals surface area contributed by atoms with Crippen molar-refractivity contribution < 1.29 is 14.3 Å². The van der Waals surface area contributed by atoms with Crippen molar-refractivity contribution in [3.05, 3.63) is 74.5 Å². The van der Waals surface area contributed by atoms with E-state index in [0.717, 1.165) is 10.9 Å². The van der Waals surface area contributed by atoms with Gasteiger partial charge in [0.1, 0.15) is 17.7 Å². The number of benzene rings is 1. The summed E-state index contributed by atoms with van der Waals surface area (Å²) in [5, 5.41) is 5.76. The number of methoxy groups -OCH3 is 1. The van der Waals surface area contributed by atoms with Crippen molar-refractivity contribution in [2.24, 2.45) is 0 Å². The van der Waals surface area contributed by atoms with Crippen LogP contribution in [0.15, 0.2) is 47.8 Å². The lowest BCUT2D eigenvalue weighted by molar-refractivity contribution is 0.0600. The van der Waals surface area contributed by atoms with Gasteiger partial charge in [-0.2, -0.15) is 0 Å². The van der Waals surface area contributed by atoms with Crippen LogP contribution >= 0.6 is 23.2 Å². The Morgan fingerprint density at radius 1 is 1.17 bits per heavy atom. The summed E-state index contributed by atoms with van der Waals surface area (Å²) in [7, 11) is 1.21. The fourth-order valence-corrected chi connectivity index (χ4v) is 3.97. The van der Waals surface area contributed by atoms with Gasteiger partial charge in [0.05, 0.1) is 40.3 Å². The Labute approximate surface area is 211 Å². The molecule has 2 aromatic heterocycles. The van der Waals surface area contributed by atoms with Crippen LogP contribution in [-0.4, -0.2) is 46.6 Å². The highest BCUT2D eigenvalue weighted by atomic mass is 35.5. The summed E-state index contributed by atoms with van der Waals surface area (Å²) in [6, 6.07) is 5.78. The number of halogens is 2. The number of amides is 1.